The van der Waals surface area contributed by atoms with E-state index in [4.69, 9.17) is 17.2 Å². The SMILES string of the molecule is CCC(C)[NH-].CCC(C)[NH-].CCC(C)[NH-].FC(F)(F)[SiH]([c-]1cccc1)C(F)(F)F.[Hf+4]. The average Bonchev–Trinajstić information content (AvgIpc) is 3.07. The molecule has 0 bridgehead atoms. The van der Waals surface area contributed by atoms with Gasteiger partial charge in [-0.3, -0.25) is 0 Å². The fourth-order valence-electron chi connectivity index (χ4n) is 1.14. The molecule has 0 amide bonds. The zero-order chi connectivity index (χ0) is 23.8. The maximum atomic E-state index is 12.1. The molecule has 0 saturated heterocycles. The van der Waals surface area contributed by atoms with Gasteiger partial charge in [-0.2, -0.15) is 38.5 Å². The summed E-state index contributed by atoms with van der Waals surface area (Å²) >= 11 is 0. The Balaban J connectivity index is -0.000000176. The first-order chi connectivity index (χ1) is 13.0. The summed E-state index contributed by atoms with van der Waals surface area (Å²) in [7, 11) is -4.92. The van der Waals surface area contributed by atoms with E-state index in [1.54, 1.807) is 0 Å². The molecule has 0 aliphatic rings. The zero-order valence-corrected chi connectivity index (χ0v) is 23.3. The van der Waals surface area contributed by atoms with E-state index in [1.165, 1.54) is 12.1 Å². The molecule has 0 heterocycles. The minimum atomic E-state index is -5.16. The van der Waals surface area contributed by atoms with Gasteiger partial charge in [-0.1, -0.05) is 60.8 Å². The Morgan fingerprint density at radius 1 is 0.700 bits per heavy atom. The number of rotatable bonds is 4. The fraction of sp³-hybridized carbons (Fsp3) is 0.737. The molecular formula is C19H35F6HfN3Si. The van der Waals surface area contributed by atoms with Gasteiger partial charge in [-0.05, 0) is 0 Å². The van der Waals surface area contributed by atoms with Gasteiger partial charge in [0.05, 0.1) is 0 Å². The number of hydrogen-bond acceptors (Lipinski definition) is 0. The maximum Gasteiger partial charge on any atom is 4.00 e. The van der Waals surface area contributed by atoms with Crippen LogP contribution in [0.2, 0.25) is 0 Å². The second-order valence-electron chi connectivity index (χ2n) is 6.66. The normalized spacial score (nSPS) is 13.9. The van der Waals surface area contributed by atoms with Gasteiger partial charge in [0.15, 0.2) is 0 Å². The van der Waals surface area contributed by atoms with Gasteiger partial charge < -0.3 is 17.2 Å². The summed E-state index contributed by atoms with van der Waals surface area (Å²) in [5.41, 5.74) is 20.5. The van der Waals surface area contributed by atoms with Gasteiger partial charge >= 0.3 is 37.4 Å². The quantitative estimate of drug-likeness (QED) is 0.188. The van der Waals surface area contributed by atoms with E-state index in [1.807, 2.05) is 41.5 Å². The smallest absolute Gasteiger partial charge is 0.675 e. The molecule has 1 aromatic rings. The molecule has 3 unspecified atom stereocenters. The third-order valence-electron chi connectivity index (χ3n) is 3.51. The van der Waals surface area contributed by atoms with Crippen LogP contribution in [0.4, 0.5) is 26.3 Å². The molecule has 3 nitrogen and oxygen atoms in total. The summed E-state index contributed by atoms with van der Waals surface area (Å²) in [4.78, 5) is 0. The van der Waals surface area contributed by atoms with Crippen LogP contribution in [-0.2, 0) is 25.8 Å². The van der Waals surface area contributed by atoms with Crippen molar-refractivity contribution in [2.24, 2.45) is 0 Å². The van der Waals surface area contributed by atoms with E-state index in [-0.39, 0.29) is 44.0 Å². The minimum absolute atomic E-state index is 0. The molecule has 0 spiro atoms. The molecule has 11 heteroatoms. The Hall–Kier alpha value is -0.103. The average molecular weight is 626 g/mol. The predicted octanol–water partition coefficient (Wildman–Crippen LogP) is 7.55. The number of alkyl halides is 6. The van der Waals surface area contributed by atoms with Gasteiger partial charge in [-0.15, -0.1) is 23.3 Å². The summed E-state index contributed by atoms with van der Waals surface area (Å²) in [6.07, 6.45) is 2.92. The Bertz CT molecular complexity index is 431. The number of halogens is 6. The van der Waals surface area contributed by atoms with Crippen molar-refractivity contribution in [3.63, 3.8) is 0 Å². The Labute approximate surface area is 197 Å². The molecule has 3 N–H and O–H groups in total. The van der Waals surface area contributed by atoms with Crippen molar-refractivity contribution >= 4 is 14.0 Å². The van der Waals surface area contributed by atoms with E-state index in [2.05, 4.69) is 0 Å². The second-order valence-corrected chi connectivity index (χ2v) is 9.50. The first kappa shape index (κ1) is 37.2. The van der Waals surface area contributed by atoms with Crippen LogP contribution >= 0.6 is 0 Å². The molecule has 0 fully saturated rings. The predicted molar refractivity (Wildman–Crippen MR) is 113 cm³/mol. The Morgan fingerprint density at radius 2 is 0.900 bits per heavy atom. The Morgan fingerprint density at radius 3 is 1.03 bits per heavy atom. The summed E-state index contributed by atoms with van der Waals surface area (Å²) in [5.74, 6) is -10.3. The van der Waals surface area contributed by atoms with Crippen LogP contribution in [0.15, 0.2) is 24.3 Å². The Kier molecular flexibility index (Phi) is 24.3. The maximum absolute atomic E-state index is 12.1. The summed E-state index contributed by atoms with van der Waals surface area (Å²) in [5, 5.41) is -0.634. The molecule has 0 aromatic heterocycles. The molecule has 0 radical (unpaired) electrons. The van der Waals surface area contributed by atoms with Gasteiger partial charge in [0.2, 0.25) is 0 Å². The van der Waals surface area contributed by atoms with Crippen LogP contribution in [0, 0.1) is 0 Å². The van der Waals surface area contributed by atoms with Crippen molar-refractivity contribution in [3.05, 3.63) is 41.5 Å². The standard InChI is InChI=1S/C7H5F6Si.3C4H10N.Hf/c8-6(9,10)14(7(11,12)13)5-3-1-2-4-5;3*1-3-4(2)5;/h1-4,14H;3*4-5H,3H2,1-2H3;/q4*-1;+4. The first-order valence-electron chi connectivity index (χ1n) is 9.52. The van der Waals surface area contributed by atoms with Crippen molar-refractivity contribution < 1.29 is 52.2 Å². The summed E-state index contributed by atoms with van der Waals surface area (Å²) < 4.78 is 72.7. The van der Waals surface area contributed by atoms with Gasteiger partial charge in [-0.25, -0.2) is 12.1 Å². The van der Waals surface area contributed by atoms with Crippen molar-refractivity contribution in [2.75, 3.05) is 0 Å². The monoisotopic (exact) mass is 627 g/mol. The van der Waals surface area contributed by atoms with Crippen molar-refractivity contribution in [1.82, 2.24) is 0 Å². The van der Waals surface area contributed by atoms with Crippen LogP contribution in [-0.4, -0.2) is 38.5 Å². The topological polar surface area (TPSA) is 71.4 Å². The van der Waals surface area contributed by atoms with Gasteiger partial charge in [0, 0.05) is 0 Å². The van der Waals surface area contributed by atoms with Crippen LogP contribution < -0.4 is 5.19 Å². The molecule has 1 rings (SSSR count). The van der Waals surface area contributed by atoms with Crippen LogP contribution in [0.5, 0.6) is 0 Å². The third-order valence-corrected chi connectivity index (χ3v) is 5.87. The van der Waals surface area contributed by atoms with E-state index in [0.717, 1.165) is 31.4 Å². The molecule has 176 valence electrons. The van der Waals surface area contributed by atoms with E-state index in [0.29, 0.717) is 0 Å². The van der Waals surface area contributed by atoms with Gasteiger partial charge in [0.25, 0.3) is 8.80 Å². The number of nitrogens with one attached hydrogen (secondary N) is 3. The largest absolute Gasteiger partial charge is 4.00 e. The van der Waals surface area contributed by atoms with E-state index >= 15 is 0 Å². The number of hydrogen-bond donors (Lipinski definition) is 0. The van der Waals surface area contributed by atoms with Crippen molar-refractivity contribution in [1.29, 1.82) is 0 Å². The summed E-state index contributed by atoms with van der Waals surface area (Å²) in [6, 6.07) is 4.50. The van der Waals surface area contributed by atoms with Crippen molar-refractivity contribution in [2.45, 2.75) is 90.5 Å². The molecule has 0 aliphatic heterocycles. The van der Waals surface area contributed by atoms with Crippen LogP contribution in [0.25, 0.3) is 17.2 Å². The van der Waals surface area contributed by atoms with Crippen LogP contribution in [0.1, 0.15) is 60.8 Å². The molecular weight excluding hydrogens is 591 g/mol. The molecule has 30 heavy (non-hydrogen) atoms. The fourth-order valence-corrected chi connectivity index (χ4v) is 2.88. The third kappa shape index (κ3) is 24.2. The molecule has 0 saturated carbocycles. The summed E-state index contributed by atoms with van der Waals surface area (Å²) in [6.45, 7) is 11.7. The molecule has 0 aliphatic carbocycles. The second kappa shape index (κ2) is 19.6. The molecule has 3 atom stereocenters. The van der Waals surface area contributed by atoms with Crippen LogP contribution in [0.3, 0.4) is 0 Å². The zero-order valence-electron chi connectivity index (χ0n) is 18.5. The first-order valence-corrected chi connectivity index (χ1v) is 11.3. The minimum Gasteiger partial charge on any atom is -0.675 e. The molecule has 1 aromatic carbocycles. The van der Waals surface area contributed by atoms with Crippen molar-refractivity contribution in [3.8, 4) is 0 Å². The van der Waals surface area contributed by atoms with E-state index < -0.39 is 25.6 Å². The van der Waals surface area contributed by atoms with Gasteiger partial charge in [0.1, 0.15) is 0 Å². The van der Waals surface area contributed by atoms with E-state index in [9.17, 15) is 26.3 Å².